The molecule has 1 aliphatic heterocycles. The van der Waals surface area contributed by atoms with Crippen molar-refractivity contribution in [3.8, 4) is 5.75 Å². The lowest BCUT2D eigenvalue weighted by atomic mass is 10.1. The van der Waals surface area contributed by atoms with Crippen LogP contribution in [0.2, 0.25) is 10.0 Å². The van der Waals surface area contributed by atoms with E-state index >= 15 is 0 Å². The van der Waals surface area contributed by atoms with Crippen LogP contribution >= 0.6 is 35.0 Å². The molecule has 1 saturated heterocycles. The van der Waals surface area contributed by atoms with Crippen molar-refractivity contribution in [1.82, 2.24) is 5.32 Å². The maximum absolute atomic E-state index is 12.2. The Morgan fingerprint density at radius 3 is 2.64 bits per heavy atom. The van der Waals surface area contributed by atoms with Crippen LogP contribution in [0.5, 0.6) is 5.75 Å². The summed E-state index contributed by atoms with van der Waals surface area (Å²) in [5.74, 6) is 0.695. The minimum atomic E-state index is -0.305. The Labute approximate surface area is 178 Å². The third kappa shape index (κ3) is 5.74. The number of rotatable bonds is 6. The molecule has 5 nitrogen and oxygen atoms in total. The summed E-state index contributed by atoms with van der Waals surface area (Å²) < 4.78 is 5.60. The van der Waals surface area contributed by atoms with E-state index in [2.05, 4.69) is 15.5 Å². The average Bonchev–Trinajstić information content (AvgIpc) is 2.98. The molecule has 2 aromatic carbocycles. The Morgan fingerprint density at radius 1 is 1.21 bits per heavy atom. The molecular weight excluding hydrogens is 417 g/mol. The minimum absolute atomic E-state index is 0.111. The van der Waals surface area contributed by atoms with E-state index in [4.69, 9.17) is 27.9 Å². The standard InChI is InChI=1S/C20H19Cl2N3O2S/c1-12(2)27-16-7-3-13(4-8-16)11-23-25-20-24-19(26)18(28-20)9-14-5-6-15(21)10-17(14)22/h3-8,10-12,18H,9H2,1-2H3,(H,24,25,26). The first-order valence-corrected chi connectivity index (χ1v) is 10.3. The topological polar surface area (TPSA) is 63.1 Å². The molecule has 1 amide bonds. The first-order chi connectivity index (χ1) is 13.4. The van der Waals surface area contributed by atoms with E-state index in [1.165, 1.54) is 11.8 Å². The van der Waals surface area contributed by atoms with E-state index in [1.54, 1.807) is 18.3 Å². The molecule has 1 N–H and O–H groups in total. The van der Waals surface area contributed by atoms with E-state index in [0.717, 1.165) is 16.9 Å². The fraction of sp³-hybridized carbons (Fsp3) is 0.250. The van der Waals surface area contributed by atoms with Gasteiger partial charge in [0.2, 0.25) is 5.91 Å². The van der Waals surface area contributed by atoms with Crippen molar-refractivity contribution in [1.29, 1.82) is 0 Å². The second-order valence-corrected chi connectivity index (χ2v) is 8.46. The predicted octanol–water partition coefficient (Wildman–Crippen LogP) is 4.94. The van der Waals surface area contributed by atoms with Crippen LogP contribution in [0.4, 0.5) is 0 Å². The Balaban J connectivity index is 1.59. The summed E-state index contributed by atoms with van der Waals surface area (Å²) in [6.07, 6.45) is 2.25. The van der Waals surface area contributed by atoms with Gasteiger partial charge in [-0.1, -0.05) is 41.0 Å². The number of carbonyl (C=O) groups excluding carboxylic acids is 1. The molecule has 0 bridgehead atoms. The van der Waals surface area contributed by atoms with Gasteiger partial charge in [0, 0.05) is 10.0 Å². The largest absolute Gasteiger partial charge is 0.491 e. The van der Waals surface area contributed by atoms with Crippen LogP contribution in [0.1, 0.15) is 25.0 Å². The van der Waals surface area contributed by atoms with Crippen LogP contribution in [0, 0.1) is 0 Å². The summed E-state index contributed by atoms with van der Waals surface area (Å²) in [4.78, 5) is 12.2. The SMILES string of the molecule is CC(C)Oc1ccc(C=NN=C2NC(=O)C(Cc3ccc(Cl)cc3Cl)S2)cc1. The lowest BCUT2D eigenvalue weighted by molar-refractivity contribution is -0.118. The highest BCUT2D eigenvalue weighted by Gasteiger charge is 2.30. The molecule has 0 saturated carbocycles. The number of benzene rings is 2. The summed E-state index contributed by atoms with van der Waals surface area (Å²) in [6.45, 7) is 3.96. The number of amidine groups is 1. The summed E-state index contributed by atoms with van der Waals surface area (Å²) in [6, 6.07) is 12.8. The van der Waals surface area contributed by atoms with Gasteiger partial charge in [0.15, 0.2) is 5.17 Å². The molecule has 0 aliphatic carbocycles. The molecule has 1 heterocycles. The third-order valence-electron chi connectivity index (χ3n) is 3.80. The molecular formula is C20H19Cl2N3O2S. The smallest absolute Gasteiger partial charge is 0.239 e. The number of hydrogen-bond acceptors (Lipinski definition) is 5. The summed E-state index contributed by atoms with van der Waals surface area (Å²) >= 11 is 13.4. The summed E-state index contributed by atoms with van der Waals surface area (Å²) in [7, 11) is 0. The van der Waals surface area contributed by atoms with Crippen molar-refractivity contribution < 1.29 is 9.53 Å². The third-order valence-corrected chi connectivity index (χ3v) is 5.46. The van der Waals surface area contributed by atoms with Crippen LogP contribution in [-0.2, 0) is 11.2 Å². The van der Waals surface area contributed by atoms with Crippen LogP contribution in [0.15, 0.2) is 52.7 Å². The number of hydrogen-bond donors (Lipinski definition) is 1. The molecule has 146 valence electrons. The maximum atomic E-state index is 12.2. The molecule has 8 heteroatoms. The summed E-state index contributed by atoms with van der Waals surface area (Å²) in [5.41, 5.74) is 1.76. The van der Waals surface area contributed by atoms with Gasteiger partial charge < -0.3 is 10.1 Å². The van der Waals surface area contributed by atoms with Crippen LogP contribution < -0.4 is 10.1 Å². The number of thioether (sulfide) groups is 1. The number of halogens is 2. The summed E-state index contributed by atoms with van der Waals surface area (Å²) in [5, 5.41) is 12.2. The lowest BCUT2D eigenvalue weighted by Gasteiger charge is -2.08. The van der Waals surface area contributed by atoms with Gasteiger partial charge in [-0.2, -0.15) is 5.10 Å². The van der Waals surface area contributed by atoms with Crippen molar-refractivity contribution >= 4 is 52.3 Å². The van der Waals surface area contributed by atoms with E-state index in [0.29, 0.717) is 21.6 Å². The van der Waals surface area contributed by atoms with Crippen molar-refractivity contribution in [3.63, 3.8) is 0 Å². The molecule has 2 aromatic rings. The number of carbonyl (C=O) groups is 1. The van der Waals surface area contributed by atoms with Gasteiger partial charge in [-0.15, -0.1) is 5.10 Å². The van der Waals surface area contributed by atoms with Gasteiger partial charge in [0.25, 0.3) is 0 Å². The monoisotopic (exact) mass is 435 g/mol. The Morgan fingerprint density at radius 2 is 1.96 bits per heavy atom. The second-order valence-electron chi connectivity index (χ2n) is 6.42. The van der Waals surface area contributed by atoms with Crippen LogP contribution in [0.3, 0.4) is 0 Å². The molecule has 28 heavy (non-hydrogen) atoms. The van der Waals surface area contributed by atoms with Gasteiger partial charge >= 0.3 is 0 Å². The van der Waals surface area contributed by atoms with Crippen molar-refractivity contribution in [2.45, 2.75) is 31.6 Å². The molecule has 3 rings (SSSR count). The molecule has 1 fully saturated rings. The molecule has 0 spiro atoms. The lowest BCUT2D eigenvalue weighted by Crippen LogP contribution is -2.26. The zero-order chi connectivity index (χ0) is 20.1. The average molecular weight is 436 g/mol. The number of ether oxygens (including phenoxy) is 1. The molecule has 0 aromatic heterocycles. The second kappa shape index (κ2) is 9.45. The highest BCUT2D eigenvalue weighted by atomic mass is 35.5. The molecule has 1 aliphatic rings. The molecule has 1 atom stereocenters. The normalized spacial score (nSPS) is 18.2. The van der Waals surface area contributed by atoms with Crippen LogP contribution in [-0.4, -0.2) is 28.6 Å². The van der Waals surface area contributed by atoms with Gasteiger partial charge in [-0.25, -0.2) is 0 Å². The molecule has 0 radical (unpaired) electrons. The van der Waals surface area contributed by atoms with Gasteiger partial charge in [0.1, 0.15) is 5.75 Å². The fourth-order valence-corrected chi connectivity index (χ4v) is 3.96. The van der Waals surface area contributed by atoms with Gasteiger partial charge in [-0.3, -0.25) is 4.79 Å². The van der Waals surface area contributed by atoms with E-state index in [9.17, 15) is 4.79 Å². The van der Waals surface area contributed by atoms with Crippen molar-refractivity contribution in [2.75, 3.05) is 0 Å². The van der Waals surface area contributed by atoms with Crippen LogP contribution in [0.25, 0.3) is 0 Å². The first kappa shape index (κ1) is 20.7. The van der Waals surface area contributed by atoms with Crippen molar-refractivity contribution in [3.05, 3.63) is 63.6 Å². The van der Waals surface area contributed by atoms with E-state index < -0.39 is 0 Å². The zero-order valence-electron chi connectivity index (χ0n) is 15.4. The minimum Gasteiger partial charge on any atom is -0.491 e. The number of amides is 1. The Hall–Kier alpha value is -2.02. The quantitative estimate of drug-likeness (QED) is 0.515. The van der Waals surface area contributed by atoms with Crippen molar-refractivity contribution in [2.24, 2.45) is 10.2 Å². The van der Waals surface area contributed by atoms with E-state index in [1.807, 2.05) is 44.2 Å². The first-order valence-electron chi connectivity index (χ1n) is 8.70. The molecule has 1 unspecified atom stereocenters. The Kier molecular flexibility index (Phi) is 6.99. The van der Waals surface area contributed by atoms with Gasteiger partial charge in [0.05, 0.1) is 17.6 Å². The highest BCUT2D eigenvalue weighted by Crippen LogP contribution is 2.28. The van der Waals surface area contributed by atoms with E-state index in [-0.39, 0.29) is 17.3 Å². The predicted molar refractivity (Wildman–Crippen MR) is 117 cm³/mol. The van der Waals surface area contributed by atoms with Gasteiger partial charge in [-0.05, 0) is 67.8 Å². The fourth-order valence-electron chi connectivity index (χ4n) is 2.53. The Bertz CT molecular complexity index is 914. The highest BCUT2D eigenvalue weighted by molar-refractivity contribution is 8.15. The maximum Gasteiger partial charge on any atom is 0.239 e. The number of nitrogens with one attached hydrogen (secondary N) is 1. The zero-order valence-corrected chi connectivity index (χ0v) is 17.7. The number of nitrogens with zero attached hydrogens (tertiary/aromatic N) is 2.